The van der Waals surface area contributed by atoms with E-state index >= 15 is 0 Å². The summed E-state index contributed by atoms with van der Waals surface area (Å²) in [6.07, 6.45) is 4.00. The maximum absolute atomic E-state index is 14.1. The van der Waals surface area contributed by atoms with E-state index in [-0.39, 0.29) is 11.4 Å². The van der Waals surface area contributed by atoms with Gasteiger partial charge >= 0.3 is 0 Å². The van der Waals surface area contributed by atoms with Crippen LogP contribution in [0.5, 0.6) is 0 Å². The Hall–Kier alpha value is -3.24. The van der Waals surface area contributed by atoms with Gasteiger partial charge in [0.05, 0.1) is 24.6 Å². The molecule has 0 unspecified atom stereocenters. The lowest BCUT2D eigenvalue weighted by atomic mass is 9.91. The number of aromatic nitrogens is 3. The molecule has 1 aromatic carbocycles. The van der Waals surface area contributed by atoms with E-state index in [0.717, 1.165) is 11.3 Å². The molecule has 1 aliphatic heterocycles. The molecule has 0 saturated heterocycles. The number of rotatable bonds is 2. The van der Waals surface area contributed by atoms with Gasteiger partial charge in [-0.15, -0.1) is 0 Å². The molecule has 124 valence electrons. The zero-order valence-corrected chi connectivity index (χ0v) is 13.2. The second-order valence-electron chi connectivity index (χ2n) is 5.70. The summed E-state index contributed by atoms with van der Waals surface area (Å²) in [5.41, 5.74) is 9.55. The normalized spacial score (nSPS) is 13.3. The third kappa shape index (κ3) is 2.53. The van der Waals surface area contributed by atoms with E-state index in [1.807, 2.05) is 0 Å². The van der Waals surface area contributed by atoms with Crippen LogP contribution in [0.15, 0.2) is 36.7 Å². The molecule has 0 saturated carbocycles. The van der Waals surface area contributed by atoms with Crippen molar-refractivity contribution in [3.05, 3.63) is 59.3 Å². The second kappa shape index (κ2) is 6.00. The molecular formula is C18H14FN5O. The zero-order valence-electron chi connectivity index (χ0n) is 13.2. The van der Waals surface area contributed by atoms with E-state index in [1.54, 1.807) is 29.2 Å². The summed E-state index contributed by atoms with van der Waals surface area (Å²) in [6, 6.07) is 8.27. The van der Waals surface area contributed by atoms with Crippen LogP contribution in [0, 0.1) is 17.1 Å². The van der Waals surface area contributed by atoms with E-state index < -0.39 is 5.82 Å². The topological polar surface area (TPSA) is 89.8 Å². The molecule has 3 aromatic rings. The highest BCUT2D eigenvalue weighted by atomic mass is 19.1. The number of nitrogens with two attached hydrogens (primary N) is 1. The summed E-state index contributed by atoms with van der Waals surface area (Å²) >= 11 is 0. The standard InChI is InChI=1S/C18H14FN5O/c19-11-2-3-16(24-6-1-5-22-24)12(8-11)17-13(9-20)18(21)23-15-4-7-25-10-14(15)17/h1-3,5-6,8H,4,7,10H2,(H2,21,23). The van der Waals surface area contributed by atoms with Crippen molar-refractivity contribution in [2.75, 3.05) is 12.3 Å². The lowest BCUT2D eigenvalue weighted by Crippen LogP contribution is -2.16. The SMILES string of the molecule is N#Cc1c(N)nc2c(c1-c1cc(F)ccc1-n1cccn1)COCC2. The molecule has 0 bridgehead atoms. The van der Waals surface area contributed by atoms with Crippen LogP contribution in [0.3, 0.4) is 0 Å². The average Bonchev–Trinajstić information content (AvgIpc) is 3.15. The van der Waals surface area contributed by atoms with Crippen molar-refractivity contribution >= 4 is 5.82 Å². The van der Waals surface area contributed by atoms with Gasteiger partial charge in [0.25, 0.3) is 0 Å². The third-order valence-corrected chi connectivity index (χ3v) is 4.23. The summed E-state index contributed by atoms with van der Waals surface area (Å²) < 4.78 is 21.2. The van der Waals surface area contributed by atoms with Crippen molar-refractivity contribution in [1.29, 1.82) is 5.26 Å². The van der Waals surface area contributed by atoms with E-state index in [4.69, 9.17) is 10.5 Å². The Balaban J connectivity index is 2.08. The van der Waals surface area contributed by atoms with Crippen molar-refractivity contribution < 1.29 is 9.13 Å². The first-order valence-corrected chi connectivity index (χ1v) is 7.78. The van der Waals surface area contributed by atoms with Gasteiger partial charge in [-0.2, -0.15) is 10.4 Å². The number of benzene rings is 1. The summed E-state index contributed by atoms with van der Waals surface area (Å²) in [7, 11) is 0. The summed E-state index contributed by atoms with van der Waals surface area (Å²) in [4.78, 5) is 4.34. The number of fused-ring (bicyclic) bond motifs is 1. The Kier molecular flexibility index (Phi) is 3.67. The van der Waals surface area contributed by atoms with Crippen LogP contribution < -0.4 is 5.73 Å². The van der Waals surface area contributed by atoms with Gasteiger partial charge < -0.3 is 10.5 Å². The first kappa shape index (κ1) is 15.3. The van der Waals surface area contributed by atoms with E-state index in [0.29, 0.717) is 36.4 Å². The van der Waals surface area contributed by atoms with Crippen molar-refractivity contribution in [3.63, 3.8) is 0 Å². The molecule has 0 atom stereocenters. The lowest BCUT2D eigenvalue weighted by molar-refractivity contribution is 0.109. The molecule has 2 N–H and O–H groups in total. The van der Waals surface area contributed by atoms with Crippen LogP contribution in [0.4, 0.5) is 10.2 Å². The second-order valence-corrected chi connectivity index (χ2v) is 5.70. The highest BCUT2D eigenvalue weighted by Crippen LogP contribution is 2.37. The summed E-state index contributed by atoms with van der Waals surface area (Å²) in [6.45, 7) is 0.849. The fraction of sp³-hybridized carbons (Fsp3) is 0.167. The monoisotopic (exact) mass is 335 g/mol. The van der Waals surface area contributed by atoms with Gasteiger partial charge in [0.1, 0.15) is 23.3 Å². The van der Waals surface area contributed by atoms with Gasteiger partial charge in [-0.1, -0.05) is 0 Å². The average molecular weight is 335 g/mol. The molecule has 2 aromatic heterocycles. The van der Waals surface area contributed by atoms with Crippen molar-refractivity contribution in [3.8, 4) is 22.9 Å². The number of anilines is 1. The Morgan fingerprint density at radius 3 is 3.00 bits per heavy atom. The van der Waals surface area contributed by atoms with Crippen LogP contribution in [-0.2, 0) is 17.8 Å². The van der Waals surface area contributed by atoms with Gasteiger partial charge in [0.2, 0.25) is 0 Å². The molecule has 1 aliphatic rings. The molecule has 0 radical (unpaired) electrons. The highest BCUT2D eigenvalue weighted by Gasteiger charge is 2.24. The van der Waals surface area contributed by atoms with Gasteiger partial charge in [-0.3, -0.25) is 0 Å². The molecule has 0 fully saturated rings. The minimum Gasteiger partial charge on any atom is -0.383 e. The zero-order chi connectivity index (χ0) is 17.4. The molecule has 25 heavy (non-hydrogen) atoms. The number of pyridine rings is 1. The van der Waals surface area contributed by atoms with Gasteiger partial charge in [-0.25, -0.2) is 14.1 Å². The summed E-state index contributed by atoms with van der Waals surface area (Å²) in [5.74, 6) is -0.260. The number of ether oxygens (including phenoxy) is 1. The minimum absolute atomic E-state index is 0.147. The quantitative estimate of drug-likeness (QED) is 0.777. The predicted octanol–water partition coefficient (Wildman–Crippen LogP) is 2.60. The number of nitrogens with zero attached hydrogens (tertiary/aromatic N) is 4. The number of halogens is 1. The molecule has 0 aliphatic carbocycles. The maximum Gasteiger partial charge on any atom is 0.142 e. The number of nitrogen functional groups attached to an aromatic ring is 1. The molecule has 3 heterocycles. The number of hydrogen-bond donors (Lipinski definition) is 1. The largest absolute Gasteiger partial charge is 0.383 e. The van der Waals surface area contributed by atoms with Crippen molar-refractivity contribution in [1.82, 2.24) is 14.8 Å². The van der Waals surface area contributed by atoms with Gasteiger partial charge in [0.15, 0.2) is 0 Å². The molecular weight excluding hydrogens is 321 g/mol. The van der Waals surface area contributed by atoms with Crippen LogP contribution in [0.2, 0.25) is 0 Å². The number of hydrogen-bond acceptors (Lipinski definition) is 5. The van der Waals surface area contributed by atoms with E-state index in [2.05, 4.69) is 16.2 Å². The fourth-order valence-electron chi connectivity index (χ4n) is 3.13. The Labute approximate surface area is 143 Å². The first-order valence-electron chi connectivity index (χ1n) is 7.78. The first-order chi connectivity index (χ1) is 12.2. The predicted molar refractivity (Wildman–Crippen MR) is 89.2 cm³/mol. The van der Waals surface area contributed by atoms with Crippen LogP contribution in [-0.4, -0.2) is 21.4 Å². The maximum atomic E-state index is 14.1. The number of nitriles is 1. The van der Waals surface area contributed by atoms with Crippen molar-refractivity contribution in [2.45, 2.75) is 13.0 Å². The highest BCUT2D eigenvalue weighted by molar-refractivity contribution is 5.84. The van der Waals surface area contributed by atoms with Gasteiger partial charge in [0, 0.05) is 35.5 Å². The van der Waals surface area contributed by atoms with Crippen LogP contribution in [0.25, 0.3) is 16.8 Å². The Bertz CT molecular complexity index is 992. The van der Waals surface area contributed by atoms with E-state index in [9.17, 15) is 9.65 Å². The van der Waals surface area contributed by atoms with Crippen LogP contribution in [0.1, 0.15) is 16.8 Å². The molecule has 6 nitrogen and oxygen atoms in total. The smallest absolute Gasteiger partial charge is 0.142 e. The van der Waals surface area contributed by atoms with Gasteiger partial charge in [-0.05, 0) is 24.3 Å². The van der Waals surface area contributed by atoms with Crippen molar-refractivity contribution in [2.24, 2.45) is 0 Å². The molecule has 4 rings (SSSR count). The molecule has 0 amide bonds. The molecule has 0 spiro atoms. The van der Waals surface area contributed by atoms with E-state index in [1.165, 1.54) is 12.1 Å². The third-order valence-electron chi connectivity index (χ3n) is 4.23. The lowest BCUT2D eigenvalue weighted by Gasteiger charge is -2.22. The Morgan fingerprint density at radius 1 is 1.36 bits per heavy atom. The minimum atomic E-state index is -0.407. The molecule has 7 heteroatoms. The Morgan fingerprint density at radius 2 is 2.24 bits per heavy atom. The fourth-order valence-corrected chi connectivity index (χ4v) is 3.13. The summed E-state index contributed by atoms with van der Waals surface area (Å²) in [5, 5.41) is 13.9. The van der Waals surface area contributed by atoms with Crippen LogP contribution >= 0.6 is 0 Å².